The molecule has 4 nitrogen and oxygen atoms in total. The van der Waals surface area contributed by atoms with E-state index < -0.39 is 12.1 Å². The van der Waals surface area contributed by atoms with Crippen molar-refractivity contribution >= 4 is 5.97 Å². The average molecular weight is 132 g/mol. The number of rotatable bonds is 3. The van der Waals surface area contributed by atoms with Crippen molar-refractivity contribution in [2.75, 3.05) is 0 Å². The fourth-order valence-corrected chi connectivity index (χ4v) is 0.346. The SMILES string of the molecule is O=C(O)CC(O)C=CO. The Kier molecular flexibility index (Phi) is 3.46. The lowest BCUT2D eigenvalue weighted by Crippen LogP contribution is -2.09. The Morgan fingerprint density at radius 3 is 2.56 bits per heavy atom. The Labute approximate surface area is 52.1 Å². The van der Waals surface area contributed by atoms with Gasteiger partial charge in [0.05, 0.1) is 18.8 Å². The first kappa shape index (κ1) is 7.97. The summed E-state index contributed by atoms with van der Waals surface area (Å²) in [7, 11) is 0. The van der Waals surface area contributed by atoms with Gasteiger partial charge in [0.25, 0.3) is 0 Å². The second-order valence-electron chi connectivity index (χ2n) is 1.51. The van der Waals surface area contributed by atoms with Crippen LogP contribution < -0.4 is 0 Å². The summed E-state index contributed by atoms with van der Waals surface area (Å²) in [4.78, 5) is 9.81. The van der Waals surface area contributed by atoms with Gasteiger partial charge in [-0.05, 0) is 6.08 Å². The van der Waals surface area contributed by atoms with Gasteiger partial charge >= 0.3 is 5.97 Å². The largest absolute Gasteiger partial charge is 0.516 e. The Balaban J connectivity index is 3.50. The number of hydrogen-bond acceptors (Lipinski definition) is 3. The fourth-order valence-electron chi connectivity index (χ4n) is 0.346. The molecule has 0 aromatic heterocycles. The zero-order chi connectivity index (χ0) is 7.28. The zero-order valence-electron chi connectivity index (χ0n) is 4.69. The van der Waals surface area contributed by atoms with Gasteiger partial charge < -0.3 is 15.3 Å². The average Bonchev–Trinajstić information content (AvgIpc) is 1.63. The molecule has 0 aliphatic rings. The maximum absolute atomic E-state index is 9.81. The molecule has 0 heterocycles. The van der Waals surface area contributed by atoms with Gasteiger partial charge in [0.2, 0.25) is 0 Å². The number of aliphatic hydroxyl groups is 2. The van der Waals surface area contributed by atoms with Gasteiger partial charge in [0.15, 0.2) is 0 Å². The number of carbonyl (C=O) groups is 1. The second-order valence-corrected chi connectivity index (χ2v) is 1.51. The lowest BCUT2D eigenvalue weighted by atomic mass is 10.2. The van der Waals surface area contributed by atoms with E-state index in [1.165, 1.54) is 0 Å². The Morgan fingerprint density at radius 1 is 1.67 bits per heavy atom. The van der Waals surface area contributed by atoms with Crippen LogP contribution in [0.4, 0.5) is 0 Å². The number of carboxylic acid groups (broad SMARTS) is 1. The lowest BCUT2D eigenvalue weighted by molar-refractivity contribution is -0.138. The summed E-state index contributed by atoms with van der Waals surface area (Å²) in [5, 5.41) is 24.6. The van der Waals surface area contributed by atoms with E-state index in [2.05, 4.69) is 0 Å². The van der Waals surface area contributed by atoms with E-state index in [-0.39, 0.29) is 6.42 Å². The standard InChI is InChI=1S/C5H8O4/c6-2-1-4(7)3-5(8)9/h1-2,4,6-7H,3H2,(H,8,9). The first-order chi connectivity index (χ1) is 4.16. The van der Waals surface area contributed by atoms with Crippen LogP contribution in [0, 0.1) is 0 Å². The summed E-state index contributed by atoms with van der Waals surface area (Å²) < 4.78 is 0. The van der Waals surface area contributed by atoms with Crippen LogP contribution in [0.1, 0.15) is 6.42 Å². The molecule has 0 spiro atoms. The molecule has 0 aromatic carbocycles. The molecule has 1 atom stereocenters. The molecule has 0 saturated heterocycles. The van der Waals surface area contributed by atoms with Gasteiger partial charge in [-0.1, -0.05) is 0 Å². The molecular formula is C5H8O4. The van der Waals surface area contributed by atoms with E-state index in [1.807, 2.05) is 0 Å². The van der Waals surface area contributed by atoms with Crippen molar-refractivity contribution in [2.45, 2.75) is 12.5 Å². The first-order valence-corrected chi connectivity index (χ1v) is 2.37. The molecule has 0 fully saturated rings. The molecule has 52 valence electrons. The summed E-state index contributed by atoms with van der Waals surface area (Å²) in [6.07, 6.45) is 0.145. The van der Waals surface area contributed by atoms with E-state index in [9.17, 15) is 4.79 Å². The van der Waals surface area contributed by atoms with E-state index in [0.29, 0.717) is 6.26 Å². The zero-order valence-corrected chi connectivity index (χ0v) is 4.69. The van der Waals surface area contributed by atoms with Gasteiger partial charge in [0, 0.05) is 0 Å². The van der Waals surface area contributed by atoms with Gasteiger partial charge in [-0.3, -0.25) is 4.79 Å². The molecule has 0 bridgehead atoms. The van der Waals surface area contributed by atoms with Crippen LogP contribution in [-0.4, -0.2) is 27.4 Å². The van der Waals surface area contributed by atoms with Crippen LogP contribution in [0.3, 0.4) is 0 Å². The predicted octanol–water partition coefficient (Wildman–Crippen LogP) is -0.106. The number of hydrogen-bond donors (Lipinski definition) is 3. The molecule has 0 radical (unpaired) electrons. The molecule has 0 rings (SSSR count). The fraction of sp³-hybridized carbons (Fsp3) is 0.400. The van der Waals surface area contributed by atoms with E-state index in [4.69, 9.17) is 15.3 Å². The van der Waals surface area contributed by atoms with Crippen LogP contribution in [0.5, 0.6) is 0 Å². The minimum absolute atomic E-state index is 0.378. The monoisotopic (exact) mass is 132 g/mol. The van der Waals surface area contributed by atoms with E-state index >= 15 is 0 Å². The normalized spacial score (nSPS) is 13.9. The number of carboxylic acids is 1. The molecule has 0 aliphatic heterocycles. The first-order valence-electron chi connectivity index (χ1n) is 2.37. The molecule has 1 unspecified atom stereocenters. The van der Waals surface area contributed by atoms with E-state index in [1.54, 1.807) is 0 Å². The third-order valence-corrected chi connectivity index (χ3v) is 0.692. The Bertz CT molecular complexity index is 118. The Morgan fingerprint density at radius 2 is 2.22 bits per heavy atom. The van der Waals surface area contributed by atoms with Crippen molar-refractivity contribution in [3.63, 3.8) is 0 Å². The van der Waals surface area contributed by atoms with Crippen LogP contribution in [0.2, 0.25) is 0 Å². The molecule has 4 heteroatoms. The van der Waals surface area contributed by atoms with Crippen molar-refractivity contribution in [3.05, 3.63) is 12.3 Å². The number of aliphatic carboxylic acids is 1. The highest BCUT2D eigenvalue weighted by atomic mass is 16.4. The third kappa shape index (κ3) is 4.83. The van der Waals surface area contributed by atoms with Crippen LogP contribution in [0.25, 0.3) is 0 Å². The third-order valence-electron chi connectivity index (χ3n) is 0.692. The summed E-state index contributed by atoms with van der Waals surface area (Å²) >= 11 is 0. The van der Waals surface area contributed by atoms with Crippen LogP contribution in [-0.2, 0) is 4.79 Å². The highest BCUT2D eigenvalue weighted by Gasteiger charge is 2.03. The highest BCUT2D eigenvalue weighted by Crippen LogP contribution is 1.91. The van der Waals surface area contributed by atoms with Crippen molar-refractivity contribution in [1.29, 1.82) is 0 Å². The van der Waals surface area contributed by atoms with Crippen LogP contribution >= 0.6 is 0 Å². The molecular weight excluding hydrogens is 124 g/mol. The summed E-state index contributed by atoms with van der Waals surface area (Å²) in [6, 6.07) is 0. The predicted molar refractivity (Wildman–Crippen MR) is 30.0 cm³/mol. The molecule has 3 N–H and O–H groups in total. The minimum Gasteiger partial charge on any atom is -0.516 e. The highest BCUT2D eigenvalue weighted by molar-refractivity contribution is 5.67. The summed E-state index contributed by atoms with van der Waals surface area (Å²) in [6.45, 7) is 0. The molecule has 0 aromatic rings. The quantitative estimate of drug-likeness (QED) is 0.468. The van der Waals surface area contributed by atoms with Crippen molar-refractivity contribution in [2.24, 2.45) is 0 Å². The maximum Gasteiger partial charge on any atom is 0.306 e. The number of aliphatic hydroxyl groups excluding tert-OH is 2. The molecule has 0 saturated carbocycles. The van der Waals surface area contributed by atoms with E-state index in [0.717, 1.165) is 6.08 Å². The second kappa shape index (κ2) is 3.91. The minimum atomic E-state index is -1.10. The molecule has 0 aliphatic carbocycles. The Hall–Kier alpha value is -1.03. The van der Waals surface area contributed by atoms with Gasteiger partial charge in [0.1, 0.15) is 0 Å². The molecule has 0 amide bonds. The van der Waals surface area contributed by atoms with Crippen molar-refractivity contribution in [1.82, 2.24) is 0 Å². The summed E-state index contributed by atoms with van der Waals surface area (Å²) in [5.41, 5.74) is 0. The van der Waals surface area contributed by atoms with Crippen molar-refractivity contribution < 1.29 is 20.1 Å². The topological polar surface area (TPSA) is 77.8 Å². The summed E-state index contributed by atoms with van der Waals surface area (Å²) in [5.74, 6) is -1.10. The maximum atomic E-state index is 9.81. The van der Waals surface area contributed by atoms with Gasteiger partial charge in [-0.25, -0.2) is 0 Å². The lowest BCUT2D eigenvalue weighted by Gasteiger charge is -1.96. The smallest absolute Gasteiger partial charge is 0.306 e. The van der Waals surface area contributed by atoms with Gasteiger partial charge in [-0.2, -0.15) is 0 Å². The van der Waals surface area contributed by atoms with Crippen molar-refractivity contribution in [3.8, 4) is 0 Å². The van der Waals surface area contributed by atoms with Gasteiger partial charge in [-0.15, -0.1) is 0 Å². The molecule has 9 heavy (non-hydrogen) atoms. The van der Waals surface area contributed by atoms with Crippen LogP contribution in [0.15, 0.2) is 12.3 Å².